The highest BCUT2D eigenvalue weighted by Gasteiger charge is 2.22. The topological polar surface area (TPSA) is 67.6 Å². The van der Waals surface area contributed by atoms with E-state index in [1.807, 2.05) is 12.3 Å². The van der Waals surface area contributed by atoms with Gasteiger partial charge in [-0.25, -0.2) is 9.50 Å². The normalized spacial score (nSPS) is 14.5. The zero-order valence-electron chi connectivity index (χ0n) is 21.7. The molecule has 0 unspecified atom stereocenters. The van der Waals surface area contributed by atoms with Crippen LogP contribution < -0.4 is 4.74 Å². The first kappa shape index (κ1) is 22.5. The summed E-state index contributed by atoms with van der Waals surface area (Å²) in [4.78, 5) is 12.8. The summed E-state index contributed by atoms with van der Waals surface area (Å²) in [5, 5.41) is 6.87. The molecule has 0 amide bonds. The number of rotatable bonds is 3. The van der Waals surface area contributed by atoms with E-state index < -0.39 is 0 Å². The molecule has 2 aromatic carbocycles. The van der Waals surface area contributed by atoms with Crippen molar-refractivity contribution in [2.75, 3.05) is 7.11 Å². The maximum absolute atomic E-state index is 5.60. The lowest BCUT2D eigenvalue weighted by molar-refractivity contribution is 0.417. The van der Waals surface area contributed by atoms with Gasteiger partial charge >= 0.3 is 0 Å². The average Bonchev–Trinajstić information content (AvgIpc) is 3.49. The molecule has 0 spiro atoms. The van der Waals surface area contributed by atoms with Crippen LogP contribution in [0.5, 0.6) is 5.75 Å². The predicted molar refractivity (Wildman–Crippen MR) is 148 cm³/mol. The number of ether oxygens (including phenoxy) is 1. The van der Waals surface area contributed by atoms with Crippen LogP contribution in [0.2, 0.25) is 0 Å². The third kappa shape index (κ3) is 3.51. The van der Waals surface area contributed by atoms with E-state index >= 15 is 0 Å². The molecule has 36 heavy (non-hydrogen) atoms. The minimum absolute atomic E-state index is 0.123. The van der Waals surface area contributed by atoms with Crippen LogP contribution in [0.3, 0.4) is 0 Å². The van der Waals surface area contributed by atoms with Crippen molar-refractivity contribution in [2.45, 2.75) is 47.5 Å². The Morgan fingerprint density at radius 1 is 0.972 bits per heavy atom. The van der Waals surface area contributed by atoms with Crippen molar-refractivity contribution in [3.05, 3.63) is 65.7 Å². The van der Waals surface area contributed by atoms with Gasteiger partial charge in [0.1, 0.15) is 6.33 Å². The first-order valence-corrected chi connectivity index (χ1v) is 12.4. The molecule has 0 saturated heterocycles. The van der Waals surface area contributed by atoms with E-state index in [9.17, 15) is 0 Å². The molecule has 1 aliphatic heterocycles. The van der Waals surface area contributed by atoms with Gasteiger partial charge in [-0.05, 0) is 78.8 Å². The van der Waals surface area contributed by atoms with Crippen LogP contribution in [-0.2, 0) is 0 Å². The molecule has 0 atom stereocenters. The quantitative estimate of drug-likeness (QED) is 0.297. The number of methoxy groups -OCH3 is 1. The van der Waals surface area contributed by atoms with E-state index in [-0.39, 0.29) is 5.41 Å². The van der Waals surface area contributed by atoms with Crippen LogP contribution >= 0.6 is 0 Å². The Kier molecular flexibility index (Phi) is 5.04. The van der Waals surface area contributed by atoms with Crippen molar-refractivity contribution < 1.29 is 4.74 Å². The zero-order chi connectivity index (χ0) is 25.2. The summed E-state index contributed by atoms with van der Waals surface area (Å²) in [6, 6.07) is 11.0. The van der Waals surface area contributed by atoms with Gasteiger partial charge in [0.2, 0.25) is 0 Å². The number of H-pyrrole nitrogens is 1. The lowest BCUT2D eigenvalue weighted by Crippen LogP contribution is -2.21. The number of nitrogens with zero attached hydrogens (tertiary/aromatic N) is 4. The summed E-state index contributed by atoms with van der Waals surface area (Å²) >= 11 is 0. The number of aryl methyl sites for hydroxylation is 1. The highest BCUT2D eigenvalue weighted by molar-refractivity contribution is 6.11. The first-order valence-electron chi connectivity index (χ1n) is 12.4. The third-order valence-electron chi connectivity index (χ3n) is 7.57. The molecule has 0 fully saturated rings. The molecule has 6 heteroatoms. The van der Waals surface area contributed by atoms with E-state index in [1.54, 1.807) is 18.0 Å². The van der Waals surface area contributed by atoms with Gasteiger partial charge in [-0.15, -0.1) is 0 Å². The van der Waals surface area contributed by atoms with E-state index in [0.29, 0.717) is 11.4 Å². The maximum atomic E-state index is 5.60. The van der Waals surface area contributed by atoms with Gasteiger partial charge in [0.05, 0.1) is 7.11 Å². The Hall–Kier alpha value is -3.93. The molecule has 1 aliphatic rings. The molecular formula is C30H31N5O. The number of fused-ring (bicyclic) bond motifs is 4. The maximum Gasteiger partial charge on any atom is 0.197 e. The van der Waals surface area contributed by atoms with E-state index in [4.69, 9.17) is 9.73 Å². The van der Waals surface area contributed by atoms with Crippen LogP contribution in [0, 0.1) is 19.3 Å². The number of hydrogen-bond acceptors (Lipinski definition) is 4. The van der Waals surface area contributed by atoms with Crippen LogP contribution in [-0.4, -0.2) is 32.4 Å². The number of aromatic nitrogens is 4. The minimum Gasteiger partial charge on any atom is -0.493 e. The number of aromatic amines is 1. The Morgan fingerprint density at radius 3 is 2.53 bits per heavy atom. The van der Waals surface area contributed by atoms with Crippen LogP contribution in [0.4, 0.5) is 0 Å². The Labute approximate surface area is 210 Å². The molecule has 0 saturated carbocycles. The summed E-state index contributed by atoms with van der Waals surface area (Å²) in [5.41, 5.74) is 11.7. The number of allylic oxidation sites excluding steroid dienone is 1. The lowest BCUT2D eigenvalue weighted by atomic mass is 9.84. The first-order chi connectivity index (χ1) is 17.2. The Balaban J connectivity index is 1.49. The van der Waals surface area contributed by atoms with Gasteiger partial charge in [0, 0.05) is 50.9 Å². The minimum atomic E-state index is 0.123. The van der Waals surface area contributed by atoms with Crippen molar-refractivity contribution in [1.82, 2.24) is 19.6 Å². The number of aliphatic imine (C=N–C) groups is 1. The van der Waals surface area contributed by atoms with Crippen LogP contribution in [0.1, 0.15) is 50.3 Å². The van der Waals surface area contributed by atoms with Gasteiger partial charge in [0.25, 0.3) is 0 Å². The van der Waals surface area contributed by atoms with Gasteiger partial charge in [0.15, 0.2) is 11.4 Å². The SMILES string of the molecule is COc1cc(-c2cc3[nH]c4ccc(C5=CN=C(C(C)(C)C)CC5)cc4c3c(C)c2C)cn2ncnc12. The number of benzene rings is 2. The van der Waals surface area contributed by atoms with Crippen LogP contribution in [0.15, 0.2) is 54.0 Å². The van der Waals surface area contributed by atoms with Crippen molar-refractivity contribution in [3.8, 4) is 16.9 Å². The predicted octanol–water partition coefficient (Wildman–Crippen LogP) is 7.28. The number of nitrogens with one attached hydrogen (secondary N) is 1. The molecule has 182 valence electrons. The van der Waals surface area contributed by atoms with Crippen molar-refractivity contribution in [1.29, 1.82) is 0 Å². The Morgan fingerprint density at radius 2 is 1.81 bits per heavy atom. The molecule has 6 nitrogen and oxygen atoms in total. The number of pyridine rings is 1. The van der Waals surface area contributed by atoms with E-state index in [2.05, 4.69) is 80.2 Å². The zero-order valence-corrected chi connectivity index (χ0v) is 21.7. The van der Waals surface area contributed by atoms with Crippen molar-refractivity contribution >= 4 is 38.7 Å². The molecule has 0 aliphatic carbocycles. The summed E-state index contributed by atoms with van der Waals surface area (Å²) < 4.78 is 7.38. The molecular weight excluding hydrogens is 446 g/mol. The summed E-state index contributed by atoms with van der Waals surface area (Å²) in [7, 11) is 1.67. The largest absolute Gasteiger partial charge is 0.493 e. The number of hydrogen-bond donors (Lipinski definition) is 1. The molecule has 4 heterocycles. The standard InChI is InChI=1S/C30H31N5O/c1-17-18(2)28-23-11-19(20-8-10-27(31-14-20)30(3,4)5)7-9-24(23)34-25(28)13-22(17)21-12-26(36-6)29-32-16-33-35(29)15-21/h7,9,11-16,34H,8,10H2,1-6H3. The van der Waals surface area contributed by atoms with Gasteiger partial charge in [-0.3, -0.25) is 4.99 Å². The highest BCUT2D eigenvalue weighted by atomic mass is 16.5. The van der Waals surface area contributed by atoms with Gasteiger partial charge < -0.3 is 9.72 Å². The fourth-order valence-corrected chi connectivity index (χ4v) is 5.39. The summed E-state index contributed by atoms with van der Waals surface area (Å²) in [6.07, 6.45) is 7.68. The molecule has 6 rings (SSSR count). The second-order valence-corrected chi connectivity index (χ2v) is 10.8. The van der Waals surface area contributed by atoms with E-state index in [0.717, 1.165) is 35.0 Å². The molecule has 1 N–H and O–H groups in total. The molecule has 5 aromatic rings. The Bertz CT molecular complexity index is 1730. The molecule has 3 aromatic heterocycles. The van der Waals surface area contributed by atoms with E-state index in [1.165, 1.54) is 38.7 Å². The second kappa shape index (κ2) is 8.05. The molecule has 0 bridgehead atoms. The monoisotopic (exact) mass is 477 g/mol. The fraction of sp³-hybridized carbons (Fsp3) is 0.300. The summed E-state index contributed by atoms with van der Waals surface area (Å²) in [5.74, 6) is 0.710. The lowest BCUT2D eigenvalue weighted by Gasteiger charge is -2.24. The van der Waals surface area contributed by atoms with Gasteiger partial charge in [-0.2, -0.15) is 5.10 Å². The van der Waals surface area contributed by atoms with Crippen molar-refractivity contribution in [2.24, 2.45) is 10.4 Å². The fourth-order valence-electron chi connectivity index (χ4n) is 5.39. The van der Waals surface area contributed by atoms with Gasteiger partial charge in [-0.1, -0.05) is 26.8 Å². The smallest absolute Gasteiger partial charge is 0.197 e. The molecule has 0 radical (unpaired) electrons. The van der Waals surface area contributed by atoms with Crippen molar-refractivity contribution in [3.63, 3.8) is 0 Å². The highest BCUT2D eigenvalue weighted by Crippen LogP contribution is 2.39. The van der Waals surface area contributed by atoms with Crippen LogP contribution in [0.25, 0.3) is 44.2 Å². The second-order valence-electron chi connectivity index (χ2n) is 10.8. The third-order valence-corrected chi connectivity index (χ3v) is 7.57. The summed E-state index contributed by atoms with van der Waals surface area (Å²) in [6.45, 7) is 11.1. The average molecular weight is 478 g/mol.